The summed E-state index contributed by atoms with van der Waals surface area (Å²) in [7, 11) is -4.44. The van der Waals surface area contributed by atoms with E-state index in [2.05, 4.69) is 5.09 Å². The Hall–Kier alpha value is -2.90. The number of benzene rings is 1. The third-order valence-electron chi connectivity index (χ3n) is 5.72. The molecule has 1 saturated heterocycles. The van der Waals surface area contributed by atoms with E-state index in [4.69, 9.17) is 18.5 Å². The van der Waals surface area contributed by atoms with Gasteiger partial charge < -0.3 is 19.1 Å². The summed E-state index contributed by atoms with van der Waals surface area (Å²) in [6.45, 7) is 3.69. The molecular formula is C23H30F2N3O9P. The molecule has 1 fully saturated rings. The molecule has 0 aliphatic carbocycles. The van der Waals surface area contributed by atoms with E-state index < -0.39 is 67.5 Å². The van der Waals surface area contributed by atoms with Crippen molar-refractivity contribution in [3.8, 4) is 5.75 Å². The zero-order chi connectivity index (χ0) is 28.1. The SMILES string of the molecule is CCCCOC(=O)[C@H](C)NP(=O)(OC[C@H]1O[C@@H](n2ccc(=O)[nH]c2=O)C(C)(F)[C@@H]1O)Oc1ccc(F)cc1. The number of alkyl halides is 1. The van der Waals surface area contributed by atoms with Crippen molar-refractivity contribution in [3.63, 3.8) is 0 Å². The van der Waals surface area contributed by atoms with Gasteiger partial charge in [0, 0.05) is 12.3 Å². The summed E-state index contributed by atoms with van der Waals surface area (Å²) in [6.07, 6.45) is -2.55. The van der Waals surface area contributed by atoms with Crippen molar-refractivity contribution in [2.75, 3.05) is 13.2 Å². The Bertz CT molecular complexity index is 1270. The summed E-state index contributed by atoms with van der Waals surface area (Å²) in [5.74, 6) is -1.40. The van der Waals surface area contributed by atoms with Crippen LogP contribution in [0.3, 0.4) is 0 Å². The second-order valence-electron chi connectivity index (χ2n) is 8.85. The maximum Gasteiger partial charge on any atom is 0.459 e. The first-order valence-electron chi connectivity index (χ1n) is 11.8. The lowest BCUT2D eigenvalue weighted by Gasteiger charge is -2.25. The summed E-state index contributed by atoms with van der Waals surface area (Å²) in [5, 5.41) is 13.0. The molecule has 2 heterocycles. The monoisotopic (exact) mass is 561 g/mol. The molecule has 15 heteroatoms. The minimum Gasteiger partial charge on any atom is -0.465 e. The molecule has 210 valence electrons. The van der Waals surface area contributed by atoms with Crippen molar-refractivity contribution in [1.82, 2.24) is 14.6 Å². The molecule has 0 spiro atoms. The number of ether oxygens (including phenoxy) is 2. The van der Waals surface area contributed by atoms with Crippen LogP contribution < -0.4 is 20.9 Å². The molecule has 3 N–H and O–H groups in total. The van der Waals surface area contributed by atoms with E-state index in [1.807, 2.05) is 11.9 Å². The molecule has 2 unspecified atom stereocenters. The largest absolute Gasteiger partial charge is 0.465 e. The number of carbonyl (C=O) groups is 1. The van der Waals surface area contributed by atoms with Crippen LogP contribution >= 0.6 is 7.75 Å². The van der Waals surface area contributed by atoms with Gasteiger partial charge in [-0.2, -0.15) is 5.09 Å². The number of hydrogen-bond donors (Lipinski definition) is 3. The molecule has 2 aromatic rings. The Kier molecular flexibility index (Phi) is 9.60. The highest BCUT2D eigenvalue weighted by Gasteiger charge is 2.55. The second kappa shape index (κ2) is 12.3. The molecular weight excluding hydrogens is 531 g/mol. The molecule has 0 amide bonds. The number of aromatic amines is 1. The Morgan fingerprint density at radius 2 is 2.00 bits per heavy atom. The highest BCUT2D eigenvalue weighted by Crippen LogP contribution is 2.47. The highest BCUT2D eigenvalue weighted by molar-refractivity contribution is 7.52. The van der Waals surface area contributed by atoms with Crippen molar-refractivity contribution in [3.05, 3.63) is 63.2 Å². The van der Waals surface area contributed by atoms with Gasteiger partial charge >= 0.3 is 19.4 Å². The van der Waals surface area contributed by atoms with Crippen LogP contribution in [0, 0.1) is 5.82 Å². The Morgan fingerprint density at radius 3 is 2.63 bits per heavy atom. The number of esters is 1. The molecule has 1 aromatic heterocycles. The number of halogens is 2. The van der Waals surface area contributed by atoms with Crippen LogP contribution in [0.1, 0.15) is 39.8 Å². The number of nitrogens with one attached hydrogen (secondary N) is 2. The van der Waals surface area contributed by atoms with E-state index in [0.29, 0.717) is 6.42 Å². The van der Waals surface area contributed by atoms with Crippen molar-refractivity contribution < 1.29 is 41.8 Å². The molecule has 6 atom stereocenters. The van der Waals surface area contributed by atoms with Crippen LogP contribution in [0.2, 0.25) is 0 Å². The number of aromatic nitrogens is 2. The summed E-state index contributed by atoms with van der Waals surface area (Å²) in [4.78, 5) is 37.8. The van der Waals surface area contributed by atoms with Gasteiger partial charge in [-0.25, -0.2) is 18.1 Å². The minimum atomic E-state index is -4.44. The van der Waals surface area contributed by atoms with Crippen LogP contribution in [0.15, 0.2) is 46.1 Å². The summed E-state index contributed by atoms with van der Waals surface area (Å²) >= 11 is 0. The van der Waals surface area contributed by atoms with Gasteiger partial charge in [0.05, 0.1) is 13.2 Å². The van der Waals surface area contributed by atoms with Gasteiger partial charge in [0.15, 0.2) is 11.9 Å². The van der Waals surface area contributed by atoms with E-state index >= 15 is 4.39 Å². The number of aliphatic hydroxyl groups excluding tert-OH is 1. The summed E-state index contributed by atoms with van der Waals surface area (Å²) in [5.41, 5.74) is -4.21. The number of aliphatic hydroxyl groups is 1. The van der Waals surface area contributed by atoms with Gasteiger partial charge in [-0.3, -0.25) is 23.7 Å². The lowest BCUT2D eigenvalue weighted by atomic mass is 9.98. The fourth-order valence-corrected chi connectivity index (χ4v) is 5.09. The third-order valence-corrected chi connectivity index (χ3v) is 7.36. The van der Waals surface area contributed by atoms with Crippen LogP contribution in [-0.4, -0.2) is 57.8 Å². The zero-order valence-electron chi connectivity index (χ0n) is 21.0. The average molecular weight is 561 g/mol. The quantitative estimate of drug-likeness (QED) is 0.199. The maximum absolute atomic E-state index is 15.5. The summed E-state index contributed by atoms with van der Waals surface area (Å²) < 4.78 is 64.6. The lowest BCUT2D eigenvalue weighted by molar-refractivity contribution is -0.145. The molecule has 1 aromatic carbocycles. The first-order chi connectivity index (χ1) is 17.9. The normalized spacial score (nSPS) is 25.5. The Morgan fingerprint density at radius 1 is 1.32 bits per heavy atom. The molecule has 0 radical (unpaired) electrons. The van der Waals surface area contributed by atoms with Gasteiger partial charge in [-0.05, 0) is 44.5 Å². The number of H-pyrrole nitrogens is 1. The van der Waals surface area contributed by atoms with Crippen LogP contribution in [0.4, 0.5) is 8.78 Å². The van der Waals surface area contributed by atoms with Crippen LogP contribution in [-0.2, 0) is 23.4 Å². The molecule has 12 nitrogen and oxygen atoms in total. The predicted octanol–water partition coefficient (Wildman–Crippen LogP) is 2.19. The van der Waals surface area contributed by atoms with Gasteiger partial charge in [0.1, 0.15) is 29.8 Å². The van der Waals surface area contributed by atoms with Crippen molar-refractivity contribution in [1.29, 1.82) is 0 Å². The Balaban J connectivity index is 1.78. The molecule has 38 heavy (non-hydrogen) atoms. The number of rotatable bonds is 12. The van der Waals surface area contributed by atoms with Crippen LogP contribution in [0.25, 0.3) is 0 Å². The van der Waals surface area contributed by atoms with Crippen LogP contribution in [0.5, 0.6) is 5.75 Å². The molecule has 1 aliphatic heterocycles. The minimum absolute atomic E-state index is 0.0744. The second-order valence-corrected chi connectivity index (χ2v) is 10.5. The van der Waals surface area contributed by atoms with E-state index in [9.17, 15) is 28.4 Å². The number of unbranched alkanes of at least 4 members (excludes halogenated alkanes) is 1. The number of nitrogens with zero attached hydrogens (tertiary/aromatic N) is 1. The van der Waals surface area contributed by atoms with Gasteiger partial charge in [-0.1, -0.05) is 13.3 Å². The molecule has 0 bridgehead atoms. The van der Waals surface area contributed by atoms with Gasteiger partial charge in [0.2, 0.25) is 0 Å². The zero-order valence-corrected chi connectivity index (χ0v) is 21.9. The fourth-order valence-electron chi connectivity index (χ4n) is 3.59. The van der Waals surface area contributed by atoms with Gasteiger partial charge in [0.25, 0.3) is 5.56 Å². The molecule has 0 saturated carbocycles. The van der Waals surface area contributed by atoms with Crippen molar-refractivity contribution in [2.45, 2.75) is 63.8 Å². The lowest BCUT2D eigenvalue weighted by Crippen LogP contribution is -2.43. The van der Waals surface area contributed by atoms with E-state index in [0.717, 1.165) is 42.3 Å². The first kappa shape index (κ1) is 29.7. The van der Waals surface area contributed by atoms with E-state index in [1.54, 1.807) is 0 Å². The average Bonchev–Trinajstić information content (AvgIpc) is 3.08. The fraction of sp³-hybridized carbons (Fsp3) is 0.522. The van der Waals surface area contributed by atoms with E-state index in [-0.39, 0.29) is 12.4 Å². The molecule has 3 rings (SSSR count). The predicted molar refractivity (Wildman–Crippen MR) is 130 cm³/mol. The standard InChI is InChI=1S/C23H30F2N3O9P/c1-4-5-12-34-20(31)14(2)27-38(33,37-16-8-6-15(24)7-9-16)35-13-17-19(30)23(3,25)21(36-17)28-11-10-18(29)26-22(28)32/h6-11,14,17,19,21,30H,4-5,12-13H2,1-3H3,(H,27,33)(H,26,29,32)/t14-,17+,19+,21+,23?,38?/m0/s1. The maximum atomic E-state index is 15.5. The third kappa shape index (κ3) is 7.14. The summed E-state index contributed by atoms with van der Waals surface area (Å²) in [6, 6.07) is 4.25. The van der Waals surface area contributed by atoms with E-state index in [1.165, 1.54) is 19.1 Å². The number of hydrogen-bond acceptors (Lipinski definition) is 9. The highest BCUT2D eigenvalue weighted by atomic mass is 31.2. The van der Waals surface area contributed by atoms with Crippen molar-refractivity contribution >= 4 is 13.7 Å². The topological polar surface area (TPSA) is 158 Å². The Labute approximate surface area is 216 Å². The number of carbonyl (C=O) groups excluding carboxylic acids is 1. The van der Waals surface area contributed by atoms with Gasteiger partial charge in [-0.15, -0.1) is 0 Å². The molecule has 1 aliphatic rings. The van der Waals surface area contributed by atoms with Crippen molar-refractivity contribution in [2.24, 2.45) is 0 Å². The smallest absolute Gasteiger partial charge is 0.459 e. The first-order valence-corrected chi connectivity index (χ1v) is 13.4.